The van der Waals surface area contributed by atoms with Crippen LogP contribution in [-0.4, -0.2) is 6.54 Å². The van der Waals surface area contributed by atoms with E-state index in [0.29, 0.717) is 0 Å². The number of rotatable bonds is 1. The van der Waals surface area contributed by atoms with Gasteiger partial charge in [-0.05, 0) is 35.9 Å². The molecule has 0 aliphatic carbocycles. The minimum atomic E-state index is -0.00512. The minimum absolute atomic E-state index is 0.00512. The van der Waals surface area contributed by atoms with Crippen molar-refractivity contribution in [3.8, 4) is 0 Å². The highest BCUT2D eigenvalue weighted by molar-refractivity contribution is 7.10. The number of fused-ring (bicyclic) bond motifs is 1. The van der Waals surface area contributed by atoms with Crippen molar-refractivity contribution in [2.45, 2.75) is 18.9 Å². The number of benzene rings is 1. The molecule has 1 aromatic heterocycles. The third-order valence-corrected chi connectivity index (χ3v) is 4.45. The Morgan fingerprint density at radius 1 is 1.19 bits per heavy atom. The molecule has 3 rings (SSSR count). The number of thiophene rings is 1. The van der Waals surface area contributed by atoms with Gasteiger partial charge in [-0.2, -0.15) is 0 Å². The van der Waals surface area contributed by atoms with Crippen molar-refractivity contribution < 1.29 is 0 Å². The van der Waals surface area contributed by atoms with Crippen LogP contribution in [0.4, 0.5) is 0 Å². The predicted octanol–water partition coefficient (Wildman–Crippen LogP) is 3.16. The van der Waals surface area contributed by atoms with E-state index in [4.69, 9.17) is 0 Å². The van der Waals surface area contributed by atoms with Crippen LogP contribution in [0.15, 0.2) is 41.8 Å². The zero-order valence-corrected chi connectivity index (χ0v) is 10.2. The van der Waals surface area contributed by atoms with Crippen LogP contribution in [0.3, 0.4) is 0 Å². The highest BCUT2D eigenvalue weighted by Gasteiger charge is 2.33. The maximum atomic E-state index is 3.66. The van der Waals surface area contributed by atoms with Gasteiger partial charge in [-0.25, -0.2) is 0 Å². The van der Waals surface area contributed by atoms with E-state index in [0.717, 1.165) is 13.0 Å². The summed E-state index contributed by atoms with van der Waals surface area (Å²) in [7, 11) is 0. The Morgan fingerprint density at radius 2 is 2.00 bits per heavy atom. The first-order valence-electron chi connectivity index (χ1n) is 5.68. The molecule has 2 heteroatoms. The van der Waals surface area contributed by atoms with Gasteiger partial charge in [-0.3, -0.25) is 0 Å². The van der Waals surface area contributed by atoms with E-state index >= 15 is 0 Å². The van der Waals surface area contributed by atoms with E-state index in [1.165, 1.54) is 16.0 Å². The van der Waals surface area contributed by atoms with E-state index in [2.05, 4.69) is 54.0 Å². The first-order chi connectivity index (χ1) is 7.81. The number of hydrogen-bond donors (Lipinski definition) is 1. The molecule has 1 aromatic carbocycles. The zero-order valence-electron chi connectivity index (χ0n) is 9.36. The fraction of sp³-hybridized carbons (Fsp3) is 0.286. The Hall–Kier alpha value is -1.12. The van der Waals surface area contributed by atoms with Gasteiger partial charge in [0.05, 0.1) is 5.54 Å². The van der Waals surface area contributed by atoms with Gasteiger partial charge in [-0.1, -0.05) is 30.3 Å². The van der Waals surface area contributed by atoms with E-state index < -0.39 is 0 Å². The van der Waals surface area contributed by atoms with Gasteiger partial charge in [0, 0.05) is 11.4 Å². The predicted molar refractivity (Wildman–Crippen MR) is 68.9 cm³/mol. The fourth-order valence-corrected chi connectivity index (χ4v) is 3.52. The summed E-state index contributed by atoms with van der Waals surface area (Å²) in [6, 6.07) is 13.0. The molecule has 82 valence electrons. The Morgan fingerprint density at radius 3 is 2.81 bits per heavy atom. The molecule has 0 saturated carbocycles. The van der Waals surface area contributed by atoms with Crippen LogP contribution in [0.1, 0.15) is 22.9 Å². The van der Waals surface area contributed by atoms with Crippen molar-refractivity contribution in [1.82, 2.24) is 5.32 Å². The molecule has 1 atom stereocenters. The molecule has 0 radical (unpaired) electrons. The molecule has 1 aliphatic rings. The van der Waals surface area contributed by atoms with E-state index in [-0.39, 0.29) is 5.54 Å². The van der Waals surface area contributed by atoms with Gasteiger partial charge in [0.15, 0.2) is 0 Å². The smallest absolute Gasteiger partial charge is 0.0672 e. The summed E-state index contributed by atoms with van der Waals surface area (Å²) in [4.78, 5) is 1.53. The first kappa shape index (κ1) is 10.1. The highest BCUT2D eigenvalue weighted by Crippen LogP contribution is 2.36. The van der Waals surface area contributed by atoms with Crippen molar-refractivity contribution in [2.75, 3.05) is 6.54 Å². The molecule has 0 saturated heterocycles. The highest BCUT2D eigenvalue weighted by atomic mass is 32.1. The molecule has 2 heterocycles. The van der Waals surface area contributed by atoms with Crippen LogP contribution in [0.5, 0.6) is 0 Å². The topological polar surface area (TPSA) is 12.0 Å². The molecule has 0 bridgehead atoms. The largest absolute Gasteiger partial charge is 0.304 e. The Balaban J connectivity index is 2.14. The average molecular weight is 229 g/mol. The lowest BCUT2D eigenvalue weighted by Gasteiger charge is -2.36. The molecule has 2 aromatic rings. The first-order valence-corrected chi connectivity index (χ1v) is 6.56. The van der Waals surface area contributed by atoms with Gasteiger partial charge in [-0.15, -0.1) is 11.3 Å². The molecule has 16 heavy (non-hydrogen) atoms. The Labute approximate surface area is 100 Å². The molecular formula is C14H15NS. The summed E-state index contributed by atoms with van der Waals surface area (Å²) in [5, 5.41) is 5.87. The molecule has 0 unspecified atom stereocenters. The van der Waals surface area contributed by atoms with Gasteiger partial charge in [0.25, 0.3) is 0 Å². The SMILES string of the molecule is C[C@@]1(c2ccccc2)NCCc2sccc21. The maximum Gasteiger partial charge on any atom is 0.0672 e. The van der Waals surface area contributed by atoms with E-state index in [9.17, 15) is 0 Å². The number of hydrogen-bond acceptors (Lipinski definition) is 2. The second-order valence-corrected chi connectivity index (χ2v) is 5.43. The second-order valence-electron chi connectivity index (χ2n) is 4.43. The maximum absolute atomic E-state index is 3.66. The third kappa shape index (κ3) is 1.41. The lowest BCUT2D eigenvalue weighted by Crippen LogP contribution is -2.45. The van der Waals surface area contributed by atoms with Gasteiger partial charge in [0.2, 0.25) is 0 Å². The average Bonchev–Trinajstić information content (AvgIpc) is 2.80. The summed E-state index contributed by atoms with van der Waals surface area (Å²) in [6.45, 7) is 3.35. The van der Waals surface area contributed by atoms with Crippen LogP contribution in [0, 0.1) is 0 Å². The molecule has 1 aliphatic heterocycles. The van der Waals surface area contributed by atoms with Crippen LogP contribution in [-0.2, 0) is 12.0 Å². The van der Waals surface area contributed by atoms with Gasteiger partial charge in [0.1, 0.15) is 0 Å². The van der Waals surface area contributed by atoms with Crippen molar-refractivity contribution >= 4 is 11.3 Å². The summed E-state index contributed by atoms with van der Waals surface area (Å²) in [6.07, 6.45) is 1.16. The fourth-order valence-electron chi connectivity index (χ4n) is 2.53. The molecule has 0 spiro atoms. The van der Waals surface area contributed by atoms with Crippen LogP contribution >= 0.6 is 11.3 Å². The molecule has 0 fully saturated rings. The monoisotopic (exact) mass is 229 g/mol. The van der Waals surface area contributed by atoms with Crippen LogP contribution in [0.25, 0.3) is 0 Å². The standard InChI is InChI=1S/C14H15NS/c1-14(11-5-3-2-4-6-11)12-8-10-16-13(12)7-9-15-14/h2-6,8,10,15H,7,9H2,1H3/t14-/m0/s1. The Kier molecular flexibility index (Phi) is 2.34. The third-order valence-electron chi connectivity index (χ3n) is 3.47. The van der Waals surface area contributed by atoms with Crippen LogP contribution in [0.2, 0.25) is 0 Å². The van der Waals surface area contributed by atoms with Crippen molar-refractivity contribution in [3.63, 3.8) is 0 Å². The summed E-state index contributed by atoms with van der Waals surface area (Å²) in [5.74, 6) is 0. The molecule has 1 nitrogen and oxygen atoms in total. The molecule has 0 amide bonds. The lowest BCUT2D eigenvalue weighted by atomic mass is 9.82. The van der Waals surface area contributed by atoms with E-state index in [1.807, 2.05) is 11.3 Å². The quantitative estimate of drug-likeness (QED) is 0.792. The normalized spacial score (nSPS) is 24.1. The zero-order chi connectivity index (χ0) is 11.0. The summed E-state index contributed by atoms with van der Waals surface area (Å²) >= 11 is 1.88. The van der Waals surface area contributed by atoms with Crippen molar-refractivity contribution in [1.29, 1.82) is 0 Å². The minimum Gasteiger partial charge on any atom is -0.304 e. The molecule has 1 N–H and O–H groups in total. The Bertz CT molecular complexity index is 488. The summed E-state index contributed by atoms with van der Waals surface area (Å²) < 4.78 is 0. The second kappa shape index (κ2) is 3.72. The van der Waals surface area contributed by atoms with Gasteiger partial charge < -0.3 is 5.32 Å². The van der Waals surface area contributed by atoms with Crippen molar-refractivity contribution in [3.05, 3.63) is 57.8 Å². The molecular weight excluding hydrogens is 214 g/mol. The lowest BCUT2D eigenvalue weighted by molar-refractivity contribution is 0.419. The van der Waals surface area contributed by atoms with Gasteiger partial charge >= 0.3 is 0 Å². The van der Waals surface area contributed by atoms with Crippen molar-refractivity contribution in [2.24, 2.45) is 0 Å². The van der Waals surface area contributed by atoms with Crippen LogP contribution < -0.4 is 5.32 Å². The van der Waals surface area contributed by atoms with E-state index in [1.54, 1.807) is 0 Å². The number of nitrogens with one attached hydrogen (secondary N) is 1. The summed E-state index contributed by atoms with van der Waals surface area (Å²) in [5.41, 5.74) is 2.80.